The number of rotatable bonds is 3. The lowest BCUT2D eigenvalue weighted by Gasteiger charge is -2.39. The number of halogens is 1. The summed E-state index contributed by atoms with van der Waals surface area (Å²) in [5.74, 6) is 0.941. The molecule has 27 heavy (non-hydrogen) atoms. The molecule has 1 saturated heterocycles. The third-order valence-corrected chi connectivity index (χ3v) is 6.31. The highest BCUT2D eigenvalue weighted by Gasteiger charge is 2.29. The number of hydrogen-bond donors (Lipinski definition) is 1. The Morgan fingerprint density at radius 2 is 1.89 bits per heavy atom. The summed E-state index contributed by atoms with van der Waals surface area (Å²) in [6.45, 7) is 3.91. The lowest BCUT2D eigenvalue weighted by molar-refractivity contribution is 0.00791. The first-order valence-corrected chi connectivity index (χ1v) is 10.2. The third kappa shape index (κ3) is 3.42. The number of pyridine rings is 1. The Balaban J connectivity index is 1.30. The Bertz CT molecular complexity index is 831. The first-order valence-electron chi connectivity index (χ1n) is 9.85. The quantitative estimate of drug-likeness (QED) is 0.699. The fourth-order valence-electron chi connectivity index (χ4n) is 4.68. The molecule has 2 aromatic rings. The zero-order chi connectivity index (χ0) is 18.2. The van der Waals surface area contributed by atoms with Crippen molar-refractivity contribution in [2.75, 3.05) is 31.6 Å². The minimum atomic E-state index is 0.461. The van der Waals surface area contributed by atoms with Crippen LogP contribution >= 0.6 is 11.6 Å². The maximum atomic E-state index is 6.14. The van der Waals surface area contributed by atoms with E-state index in [0.717, 1.165) is 55.4 Å². The molecule has 1 aliphatic heterocycles. The summed E-state index contributed by atoms with van der Waals surface area (Å²) in [6.07, 6.45) is 9.14. The Kier molecular flexibility index (Phi) is 4.71. The summed E-state index contributed by atoms with van der Waals surface area (Å²) >= 11 is 6.14. The topological polar surface area (TPSA) is 63.2 Å². The third-order valence-electron chi connectivity index (χ3n) is 6.11. The molecule has 5 rings (SSSR count). The molecule has 2 aliphatic carbocycles. The number of nitrogens with zero attached hydrogens (tertiary/aromatic N) is 4. The van der Waals surface area contributed by atoms with E-state index < -0.39 is 0 Å². The fourth-order valence-corrected chi connectivity index (χ4v) is 4.84. The summed E-state index contributed by atoms with van der Waals surface area (Å²) < 4.78 is 5.49. The van der Waals surface area contributed by atoms with Crippen LogP contribution in [0.5, 0.6) is 0 Å². The van der Waals surface area contributed by atoms with E-state index >= 15 is 0 Å². The predicted octanol–water partition coefficient (Wildman–Crippen LogP) is 3.15. The van der Waals surface area contributed by atoms with Crippen molar-refractivity contribution in [1.29, 1.82) is 0 Å². The molecule has 0 radical (unpaired) electrons. The van der Waals surface area contributed by atoms with Crippen molar-refractivity contribution in [3.63, 3.8) is 0 Å². The molecule has 0 unspecified atom stereocenters. The lowest BCUT2D eigenvalue weighted by Crippen LogP contribution is -2.46. The van der Waals surface area contributed by atoms with Gasteiger partial charge in [-0.05, 0) is 42.9 Å². The SMILES string of the molecule is Clc1cc2c(cn1)Cc1ncnc(NC3CCC(N4CCOCC4)CC3)c1-2. The number of aromatic nitrogens is 3. The van der Waals surface area contributed by atoms with E-state index in [9.17, 15) is 0 Å². The maximum Gasteiger partial charge on any atom is 0.137 e. The number of morpholine rings is 1. The molecular formula is C20H24ClN5O. The van der Waals surface area contributed by atoms with Gasteiger partial charge in [0, 0.05) is 43.4 Å². The standard InChI is InChI=1S/C20H24ClN5O/c21-18-10-16-13(11-22-18)9-17-19(16)20(24-12-23-17)25-14-1-3-15(4-2-14)26-5-7-27-8-6-26/h10-12,14-15H,1-9H2,(H,23,24,25). The highest BCUT2D eigenvalue weighted by Crippen LogP contribution is 2.40. The van der Waals surface area contributed by atoms with Gasteiger partial charge in [0.2, 0.25) is 0 Å². The van der Waals surface area contributed by atoms with Crippen LogP contribution in [-0.2, 0) is 11.2 Å². The van der Waals surface area contributed by atoms with Gasteiger partial charge < -0.3 is 10.1 Å². The average Bonchev–Trinajstić information content (AvgIpc) is 3.08. The summed E-state index contributed by atoms with van der Waals surface area (Å²) in [4.78, 5) is 15.9. The van der Waals surface area contributed by atoms with Crippen molar-refractivity contribution in [1.82, 2.24) is 19.9 Å². The molecule has 0 aromatic carbocycles. The molecule has 1 saturated carbocycles. The van der Waals surface area contributed by atoms with Crippen molar-refractivity contribution in [2.24, 2.45) is 0 Å². The Hall–Kier alpha value is -1.76. The molecule has 0 atom stereocenters. The van der Waals surface area contributed by atoms with Crippen LogP contribution < -0.4 is 5.32 Å². The van der Waals surface area contributed by atoms with Crippen molar-refractivity contribution in [2.45, 2.75) is 44.2 Å². The summed E-state index contributed by atoms with van der Waals surface area (Å²) in [5, 5.41) is 4.22. The fraction of sp³-hybridized carbons (Fsp3) is 0.550. The summed E-state index contributed by atoms with van der Waals surface area (Å²) in [7, 11) is 0. The zero-order valence-corrected chi connectivity index (χ0v) is 16.1. The van der Waals surface area contributed by atoms with Gasteiger partial charge in [0.1, 0.15) is 17.3 Å². The van der Waals surface area contributed by atoms with E-state index in [1.54, 1.807) is 6.33 Å². The van der Waals surface area contributed by atoms with Gasteiger partial charge in [0.25, 0.3) is 0 Å². The molecule has 3 heterocycles. The van der Waals surface area contributed by atoms with Gasteiger partial charge in [-0.15, -0.1) is 0 Å². The first kappa shape index (κ1) is 17.3. The summed E-state index contributed by atoms with van der Waals surface area (Å²) in [5.41, 5.74) is 4.46. The molecular weight excluding hydrogens is 362 g/mol. The van der Waals surface area contributed by atoms with E-state index in [1.165, 1.54) is 31.2 Å². The highest BCUT2D eigenvalue weighted by molar-refractivity contribution is 6.29. The number of ether oxygens (including phenoxy) is 1. The molecule has 6 nitrogen and oxygen atoms in total. The molecule has 2 aromatic heterocycles. The Morgan fingerprint density at radius 1 is 1.07 bits per heavy atom. The number of nitrogens with one attached hydrogen (secondary N) is 1. The number of hydrogen-bond acceptors (Lipinski definition) is 6. The van der Waals surface area contributed by atoms with Gasteiger partial charge in [-0.25, -0.2) is 15.0 Å². The molecule has 1 N–H and O–H groups in total. The largest absolute Gasteiger partial charge is 0.379 e. The molecule has 7 heteroatoms. The van der Waals surface area contributed by atoms with Gasteiger partial charge in [-0.1, -0.05) is 11.6 Å². The van der Waals surface area contributed by atoms with Crippen LogP contribution in [0, 0.1) is 0 Å². The maximum absolute atomic E-state index is 6.14. The average molecular weight is 386 g/mol. The van der Waals surface area contributed by atoms with E-state index in [1.807, 2.05) is 12.3 Å². The van der Waals surface area contributed by atoms with Crippen LogP contribution in [-0.4, -0.2) is 58.2 Å². The van der Waals surface area contributed by atoms with Crippen LogP contribution in [0.2, 0.25) is 5.15 Å². The second-order valence-electron chi connectivity index (χ2n) is 7.68. The highest BCUT2D eigenvalue weighted by atomic mass is 35.5. The van der Waals surface area contributed by atoms with E-state index in [0.29, 0.717) is 17.2 Å². The Labute approximate surface area is 164 Å². The van der Waals surface area contributed by atoms with Crippen molar-refractivity contribution >= 4 is 17.4 Å². The zero-order valence-electron chi connectivity index (χ0n) is 15.3. The van der Waals surface area contributed by atoms with Crippen LogP contribution in [0.4, 0.5) is 5.82 Å². The number of fused-ring (bicyclic) bond motifs is 3. The van der Waals surface area contributed by atoms with Gasteiger partial charge in [-0.3, -0.25) is 4.90 Å². The second-order valence-corrected chi connectivity index (χ2v) is 8.07. The van der Waals surface area contributed by atoms with Crippen molar-refractivity contribution in [3.8, 4) is 11.1 Å². The van der Waals surface area contributed by atoms with E-state index in [4.69, 9.17) is 16.3 Å². The number of anilines is 1. The van der Waals surface area contributed by atoms with Crippen LogP contribution in [0.3, 0.4) is 0 Å². The minimum Gasteiger partial charge on any atom is -0.379 e. The lowest BCUT2D eigenvalue weighted by atomic mass is 9.89. The van der Waals surface area contributed by atoms with Gasteiger partial charge in [0.05, 0.1) is 18.9 Å². The van der Waals surface area contributed by atoms with E-state index in [-0.39, 0.29) is 0 Å². The van der Waals surface area contributed by atoms with Crippen molar-refractivity contribution in [3.05, 3.63) is 35.0 Å². The Morgan fingerprint density at radius 3 is 2.70 bits per heavy atom. The second kappa shape index (κ2) is 7.34. The minimum absolute atomic E-state index is 0.461. The molecule has 0 spiro atoms. The van der Waals surface area contributed by atoms with Crippen LogP contribution in [0.25, 0.3) is 11.1 Å². The van der Waals surface area contributed by atoms with Crippen LogP contribution in [0.15, 0.2) is 18.6 Å². The molecule has 3 aliphatic rings. The van der Waals surface area contributed by atoms with E-state index in [2.05, 4.69) is 25.2 Å². The van der Waals surface area contributed by atoms with Crippen molar-refractivity contribution < 1.29 is 4.74 Å². The molecule has 142 valence electrons. The predicted molar refractivity (Wildman–Crippen MR) is 105 cm³/mol. The monoisotopic (exact) mass is 385 g/mol. The van der Waals surface area contributed by atoms with Gasteiger partial charge in [0.15, 0.2) is 0 Å². The molecule has 0 amide bonds. The van der Waals surface area contributed by atoms with Gasteiger partial charge >= 0.3 is 0 Å². The molecule has 0 bridgehead atoms. The smallest absolute Gasteiger partial charge is 0.137 e. The normalized spacial score (nSPS) is 25.1. The van der Waals surface area contributed by atoms with Crippen LogP contribution in [0.1, 0.15) is 36.9 Å². The summed E-state index contributed by atoms with van der Waals surface area (Å²) in [6, 6.07) is 3.10. The molecule has 2 fully saturated rings. The van der Waals surface area contributed by atoms with Gasteiger partial charge in [-0.2, -0.15) is 0 Å². The first-order chi connectivity index (χ1) is 13.3.